The first-order valence-electron chi connectivity index (χ1n) is 7.75. The fourth-order valence-corrected chi connectivity index (χ4v) is 4.02. The number of hydrogen-bond donors (Lipinski definition) is 0. The predicted octanol–water partition coefficient (Wildman–Crippen LogP) is 1.29. The fraction of sp³-hybridized carbons (Fsp3) is 1.00. The highest BCUT2D eigenvalue weighted by atomic mass is 35.5. The average Bonchev–Trinajstić information content (AvgIpc) is 2.45. The second kappa shape index (κ2) is 9.30. The number of hydrogen-bond acceptors (Lipinski definition) is 4. The van der Waals surface area contributed by atoms with Crippen molar-refractivity contribution in [3.63, 3.8) is 0 Å². The van der Waals surface area contributed by atoms with Crippen molar-refractivity contribution in [2.75, 3.05) is 59.0 Å². The van der Waals surface area contributed by atoms with Crippen LogP contribution in [0, 0.1) is 0 Å². The highest BCUT2D eigenvalue weighted by molar-refractivity contribution is 7.89. The Labute approximate surface area is 135 Å². The lowest BCUT2D eigenvalue weighted by Crippen LogP contribution is -2.45. The van der Waals surface area contributed by atoms with Crippen LogP contribution in [0.1, 0.15) is 25.7 Å². The average molecular weight is 340 g/mol. The van der Waals surface area contributed by atoms with Crippen LogP contribution in [-0.4, -0.2) is 87.5 Å². The molecule has 0 aliphatic carbocycles. The van der Waals surface area contributed by atoms with E-state index in [1.807, 2.05) is 0 Å². The van der Waals surface area contributed by atoms with Crippen molar-refractivity contribution >= 4 is 21.6 Å². The van der Waals surface area contributed by atoms with Gasteiger partial charge in [0.25, 0.3) is 0 Å². The molecule has 0 atom stereocenters. The normalized spacial score (nSPS) is 18.8. The van der Waals surface area contributed by atoms with Crippen LogP contribution in [0.3, 0.4) is 0 Å². The molecule has 21 heavy (non-hydrogen) atoms. The van der Waals surface area contributed by atoms with Crippen LogP contribution < -0.4 is 0 Å². The summed E-state index contributed by atoms with van der Waals surface area (Å²) in [6.07, 6.45) is 3.73. The Morgan fingerprint density at radius 1 is 1.14 bits per heavy atom. The van der Waals surface area contributed by atoms with Gasteiger partial charge in [-0.05, 0) is 52.9 Å². The van der Waals surface area contributed by atoms with E-state index in [-0.39, 0.29) is 5.75 Å². The molecule has 1 saturated heterocycles. The Bertz CT molecular complexity index is 384. The second-order valence-electron chi connectivity index (χ2n) is 6.05. The smallest absolute Gasteiger partial charge is 0.213 e. The molecule has 0 unspecified atom stereocenters. The zero-order valence-corrected chi connectivity index (χ0v) is 15.2. The summed E-state index contributed by atoms with van der Waals surface area (Å²) in [4.78, 5) is 4.65. The second-order valence-corrected chi connectivity index (χ2v) is 8.62. The van der Waals surface area contributed by atoms with Crippen LogP contribution in [0.15, 0.2) is 0 Å². The summed E-state index contributed by atoms with van der Waals surface area (Å²) in [6, 6.07) is 0.577. The number of halogens is 1. The number of alkyl halides is 1. The van der Waals surface area contributed by atoms with Crippen LogP contribution in [-0.2, 0) is 10.0 Å². The standard InChI is InChI=1S/C14H30ClN3O2S/c1-16-9-6-14(7-10-16)17(2)11-12-18(3)21(19,20)13-5-4-8-15/h14H,4-13H2,1-3H3. The first kappa shape index (κ1) is 19.2. The summed E-state index contributed by atoms with van der Waals surface area (Å²) in [5.41, 5.74) is 0. The van der Waals surface area contributed by atoms with E-state index in [1.165, 1.54) is 17.1 Å². The van der Waals surface area contributed by atoms with Gasteiger partial charge in [0.1, 0.15) is 0 Å². The van der Waals surface area contributed by atoms with Crippen molar-refractivity contribution in [2.24, 2.45) is 0 Å². The molecular weight excluding hydrogens is 310 g/mol. The van der Waals surface area contributed by atoms with E-state index in [2.05, 4.69) is 23.9 Å². The summed E-state index contributed by atoms with van der Waals surface area (Å²) < 4.78 is 25.7. The highest BCUT2D eigenvalue weighted by Crippen LogP contribution is 2.14. The Kier molecular flexibility index (Phi) is 8.49. The van der Waals surface area contributed by atoms with Gasteiger partial charge in [-0.15, -0.1) is 11.6 Å². The van der Waals surface area contributed by atoms with Crippen LogP contribution in [0.4, 0.5) is 0 Å². The number of sulfonamides is 1. The van der Waals surface area contributed by atoms with Crippen molar-refractivity contribution in [2.45, 2.75) is 31.7 Å². The first-order chi connectivity index (χ1) is 9.86. The summed E-state index contributed by atoms with van der Waals surface area (Å²) in [7, 11) is 2.80. The molecule has 0 N–H and O–H groups in total. The Balaban J connectivity index is 2.32. The summed E-state index contributed by atoms with van der Waals surface area (Å²) >= 11 is 5.59. The van der Waals surface area contributed by atoms with E-state index in [4.69, 9.17) is 11.6 Å². The van der Waals surface area contributed by atoms with Gasteiger partial charge in [-0.1, -0.05) is 0 Å². The molecule has 0 radical (unpaired) electrons. The molecule has 5 nitrogen and oxygen atoms in total. The van der Waals surface area contributed by atoms with Crippen molar-refractivity contribution in [3.8, 4) is 0 Å². The quantitative estimate of drug-likeness (QED) is 0.469. The molecule has 1 fully saturated rings. The van der Waals surface area contributed by atoms with E-state index in [0.717, 1.165) is 26.1 Å². The molecule has 0 spiro atoms. The number of piperidine rings is 1. The predicted molar refractivity (Wildman–Crippen MR) is 89.5 cm³/mol. The molecule has 0 bridgehead atoms. The van der Waals surface area contributed by atoms with Gasteiger partial charge in [0.15, 0.2) is 0 Å². The molecule has 0 amide bonds. The molecule has 0 saturated carbocycles. The molecule has 1 rings (SSSR count). The van der Waals surface area contributed by atoms with E-state index < -0.39 is 10.0 Å². The SMILES string of the molecule is CN1CCC(N(C)CCN(C)S(=O)(=O)CCCCCl)CC1. The molecule has 0 aromatic carbocycles. The molecule has 0 aromatic rings. The minimum absolute atomic E-state index is 0.203. The van der Waals surface area contributed by atoms with Gasteiger partial charge >= 0.3 is 0 Å². The van der Waals surface area contributed by atoms with Crippen molar-refractivity contribution in [1.29, 1.82) is 0 Å². The maximum absolute atomic E-state index is 12.1. The van der Waals surface area contributed by atoms with Gasteiger partial charge in [0, 0.05) is 32.1 Å². The minimum atomic E-state index is -3.13. The third-order valence-electron chi connectivity index (χ3n) is 4.34. The number of unbranched alkanes of at least 4 members (excludes halogenated alkanes) is 1. The maximum Gasteiger partial charge on any atom is 0.213 e. The molecule has 1 heterocycles. The molecule has 1 aliphatic rings. The van der Waals surface area contributed by atoms with E-state index in [9.17, 15) is 8.42 Å². The van der Waals surface area contributed by atoms with Crippen LogP contribution in [0.25, 0.3) is 0 Å². The summed E-state index contributed by atoms with van der Waals surface area (Å²) in [5, 5.41) is 0. The number of rotatable bonds is 9. The summed E-state index contributed by atoms with van der Waals surface area (Å²) in [6.45, 7) is 3.61. The fourth-order valence-electron chi connectivity index (χ4n) is 2.59. The van der Waals surface area contributed by atoms with Gasteiger partial charge in [0.2, 0.25) is 10.0 Å². The topological polar surface area (TPSA) is 43.9 Å². The van der Waals surface area contributed by atoms with Crippen LogP contribution >= 0.6 is 11.6 Å². The highest BCUT2D eigenvalue weighted by Gasteiger charge is 2.22. The maximum atomic E-state index is 12.1. The van der Waals surface area contributed by atoms with Gasteiger partial charge in [-0.3, -0.25) is 0 Å². The molecular formula is C14H30ClN3O2S. The third-order valence-corrected chi connectivity index (χ3v) is 6.54. The largest absolute Gasteiger partial charge is 0.306 e. The van der Waals surface area contributed by atoms with Crippen molar-refractivity contribution < 1.29 is 8.42 Å². The van der Waals surface area contributed by atoms with E-state index in [0.29, 0.717) is 24.9 Å². The number of likely N-dealkylation sites (N-methyl/N-ethyl adjacent to an activating group) is 2. The molecule has 126 valence electrons. The molecule has 0 aromatic heterocycles. The number of nitrogens with zero attached hydrogens (tertiary/aromatic N) is 3. The Morgan fingerprint density at radius 2 is 1.76 bits per heavy atom. The zero-order chi connectivity index (χ0) is 15.9. The summed E-state index contributed by atoms with van der Waals surface area (Å²) in [5.74, 6) is 0.728. The van der Waals surface area contributed by atoms with Crippen molar-refractivity contribution in [1.82, 2.24) is 14.1 Å². The van der Waals surface area contributed by atoms with Crippen molar-refractivity contribution in [3.05, 3.63) is 0 Å². The van der Waals surface area contributed by atoms with Crippen LogP contribution in [0.2, 0.25) is 0 Å². The lowest BCUT2D eigenvalue weighted by molar-refractivity contribution is 0.141. The first-order valence-corrected chi connectivity index (χ1v) is 9.90. The Hall–Kier alpha value is 0.120. The van der Waals surface area contributed by atoms with Gasteiger partial charge in [-0.25, -0.2) is 12.7 Å². The molecule has 1 aliphatic heterocycles. The van der Waals surface area contributed by atoms with Crippen LogP contribution in [0.5, 0.6) is 0 Å². The third kappa shape index (κ3) is 6.82. The zero-order valence-electron chi connectivity index (χ0n) is 13.6. The lowest BCUT2D eigenvalue weighted by atomic mass is 10.0. The monoisotopic (exact) mass is 339 g/mol. The minimum Gasteiger partial charge on any atom is -0.306 e. The Morgan fingerprint density at radius 3 is 2.33 bits per heavy atom. The molecule has 7 heteroatoms. The van der Waals surface area contributed by atoms with Gasteiger partial charge in [-0.2, -0.15) is 0 Å². The lowest BCUT2D eigenvalue weighted by Gasteiger charge is -2.35. The van der Waals surface area contributed by atoms with E-state index >= 15 is 0 Å². The van der Waals surface area contributed by atoms with Gasteiger partial charge < -0.3 is 9.80 Å². The van der Waals surface area contributed by atoms with E-state index in [1.54, 1.807) is 7.05 Å². The number of likely N-dealkylation sites (tertiary alicyclic amines) is 1. The van der Waals surface area contributed by atoms with Gasteiger partial charge in [0.05, 0.1) is 5.75 Å².